The first-order valence-corrected chi connectivity index (χ1v) is 7.60. The molecule has 1 N–H and O–H groups in total. The summed E-state index contributed by atoms with van der Waals surface area (Å²) in [6.07, 6.45) is 0. The molecule has 0 radical (unpaired) electrons. The molecule has 0 atom stereocenters. The molecule has 0 aromatic heterocycles. The molecule has 0 saturated carbocycles. The molecular weight excluding hydrogens is 310 g/mol. The van der Waals surface area contributed by atoms with E-state index >= 15 is 0 Å². The number of rotatable bonds is 5. The molecule has 2 aromatic rings. The second kappa shape index (κ2) is 7.12. The normalized spacial score (nSPS) is 12.4. The van der Waals surface area contributed by atoms with E-state index in [0.29, 0.717) is 42.6 Å². The largest absolute Gasteiger partial charge is 0.496 e. The van der Waals surface area contributed by atoms with Crippen LogP contribution in [0.25, 0.3) is 0 Å². The van der Waals surface area contributed by atoms with Gasteiger partial charge in [-0.2, -0.15) is 0 Å². The van der Waals surface area contributed by atoms with E-state index in [1.807, 2.05) is 24.3 Å². The minimum atomic E-state index is -0.226. The Kier molecular flexibility index (Phi) is 4.74. The predicted molar refractivity (Wildman–Crippen MR) is 88.1 cm³/mol. The van der Waals surface area contributed by atoms with Gasteiger partial charge in [0.05, 0.1) is 14.2 Å². The van der Waals surface area contributed by atoms with Crippen LogP contribution in [0.5, 0.6) is 23.0 Å². The highest BCUT2D eigenvalue weighted by Gasteiger charge is 2.21. The van der Waals surface area contributed by atoms with E-state index in [1.165, 1.54) is 7.11 Å². The van der Waals surface area contributed by atoms with Crippen molar-refractivity contribution in [3.8, 4) is 23.0 Å². The van der Waals surface area contributed by atoms with Crippen molar-refractivity contribution >= 4 is 5.91 Å². The van der Waals surface area contributed by atoms with E-state index in [-0.39, 0.29) is 5.91 Å². The number of para-hydroxylation sites is 1. The number of amides is 1. The van der Waals surface area contributed by atoms with Crippen molar-refractivity contribution < 1.29 is 23.7 Å². The van der Waals surface area contributed by atoms with Gasteiger partial charge in [-0.1, -0.05) is 18.2 Å². The van der Waals surface area contributed by atoms with Crippen molar-refractivity contribution in [1.29, 1.82) is 0 Å². The Balaban J connectivity index is 1.77. The van der Waals surface area contributed by atoms with Gasteiger partial charge in [0.25, 0.3) is 5.91 Å². The highest BCUT2D eigenvalue weighted by atomic mass is 16.6. The third-order valence-electron chi connectivity index (χ3n) is 3.72. The average molecular weight is 329 g/mol. The summed E-state index contributed by atoms with van der Waals surface area (Å²) in [4.78, 5) is 12.5. The zero-order chi connectivity index (χ0) is 16.9. The smallest absolute Gasteiger partial charge is 0.251 e. The van der Waals surface area contributed by atoms with E-state index in [1.54, 1.807) is 19.2 Å². The molecule has 0 spiro atoms. The van der Waals surface area contributed by atoms with E-state index in [2.05, 4.69) is 5.32 Å². The summed E-state index contributed by atoms with van der Waals surface area (Å²) in [5, 5.41) is 2.88. The van der Waals surface area contributed by atoms with Crippen molar-refractivity contribution in [1.82, 2.24) is 5.32 Å². The van der Waals surface area contributed by atoms with Gasteiger partial charge in [0, 0.05) is 17.7 Å². The first-order chi connectivity index (χ1) is 11.7. The van der Waals surface area contributed by atoms with Crippen LogP contribution >= 0.6 is 0 Å². The van der Waals surface area contributed by atoms with Gasteiger partial charge in [0.15, 0.2) is 11.5 Å². The van der Waals surface area contributed by atoms with E-state index < -0.39 is 0 Å². The van der Waals surface area contributed by atoms with Crippen molar-refractivity contribution in [2.75, 3.05) is 27.4 Å². The lowest BCUT2D eigenvalue weighted by Crippen LogP contribution is -2.24. The van der Waals surface area contributed by atoms with Gasteiger partial charge in [-0.05, 0) is 18.2 Å². The fraction of sp³-hybridized carbons (Fsp3) is 0.278. The molecule has 1 aliphatic heterocycles. The number of hydrogen-bond donors (Lipinski definition) is 1. The molecule has 0 bridgehead atoms. The van der Waals surface area contributed by atoms with Gasteiger partial charge < -0.3 is 24.3 Å². The fourth-order valence-electron chi connectivity index (χ4n) is 2.53. The molecule has 0 aliphatic carbocycles. The third-order valence-corrected chi connectivity index (χ3v) is 3.72. The lowest BCUT2D eigenvalue weighted by molar-refractivity contribution is 0.0948. The van der Waals surface area contributed by atoms with Gasteiger partial charge in [-0.15, -0.1) is 0 Å². The minimum Gasteiger partial charge on any atom is -0.496 e. The van der Waals surface area contributed by atoms with E-state index in [9.17, 15) is 4.79 Å². The van der Waals surface area contributed by atoms with Crippen LogP contribution in [0.3, 0.4) is 0 Å². The van der Waals surface area contributed by atoms with E-state index in [0.717, 1.165) is 11.3 Å². The first kappa shape index (κ1) is 16.0. The van der Waals surface area contributed by atoms with Crippen LogP contribution in [-0.2, 0) is 6.54 Å². The minimum absolute atomic E-state index is 0.226. The van der Waals surface area contributed by atoms with Gasteiger partial charge in [0.2, 0.25) is 5.75 Å². The maximum absolute atomic E-state index is 12.5. The second-order valence-corrected chi connectivity index (χ2v) is 5.20. The summed E-state index contributed by atoms with van der Waals surface area (Å²) >= 11 is 0. The number of ether oxygens (including phenoxy) is 4. The quantitative estimate of drug-likeness (QED) is 0.912. The molecule has 3 rings (SSSR count). The summed E-state index contributed by atoms with van der Waals surface area (Å²) in [5.41, 5.74) is 1.35. The summed E-state index contributed by atoms with van der Waals surface area (Å²) in [5.74, 6) is 2.04. The number of nitrogens with one attached hydrogen (secondary N) is 1. The molecule has 0 saturated heterocycles. The average Bonchev–Trinajstić information content (AvgIpc) is 2.65. The number of fused-ring (bicyclic) bond motifs is 1. The summed E-state index contributed by atoms with van der Waals surface area (Å²) < 4.78 is 21.7. The SMILES string of the molecule is COc1ccccc1CNC(=O)c1cc(OC)c2c(c1)OCCO2. The Bertz CT molecular complexity index is 727. The standard InChI is InChI=1S/C18H19NO5/c1-21-14-6-4-3-5-12(14)11-19-18(20)13-9-15(22-2)17-16(10-13)23-7-8-24-17/h3-6,9-10H,7-8,11H2,1-2H3,(H,19,20). The molecule has 2 aromatic carbocycles. The van der Waals surface area contributed by atoms with Gasteiger partial charge in [-0.3, -0.25) is 4.79 Å². The molecule has 0 fully saturated rings. The Hall–Kier alpha value is -2.89. The summed E-state index contributed by atoms with van der Waals surface area (Å²) in [7, 11) is 3.14. The second-order valence-electron chi connectivity index (χ2n) is 5.20. The first-order valence-electron chi connectivity index (χ1n) is 7.60. The van der Waals surface area contributed by atoms with Gasteiger partial charge in [0.1, 0.15) is 19.0 Å². The van der Waals surface area contributed by atoms with Gasteiger partial charge >= 0.3 is 0 Å². The summed E-state index contributed by atoms with van der Waals surface area (Å²) in [6.45, 7) is 1.27. The molecule has 24 heavy (non-hydrogen) atoms. The zero-order valence-electron chi connectivity index (χ0n) is 13.6. The Morgan fingerprint density at radius 2 is 1.83 bits per heavy atom. The van der Waals surface area contributed by atoms with Crippen molar-refractivity contribution in [2.45, 2.75) is 6.54 Å². The Labute approximate surface area is 140 Å². The van der Waals surface area contributed by atoms with Crippen LogP contribution in [0.2, 0.25) is 0 Å². The van der Waals surface area contributed by atoms with Crippen LogP contribution in [-0.4, -0.2) is 33.3 Å². The number of methoxy groups -OCH3 is 2. The molecule has 1 heterocycles. The number of carbonyl (C=O) groups is 1. The maximum atomic E-state index is 12.5. The summed E-state index contributed by atoms with van der Waals surface area (Å²) in [6, 6.07) is 10.9. The zero-order valence-corrected chi connectivity index (χ0v) is 13.6. The molecule has 1 aliphatic rings. The molecular formula is C18H19NO5. The van der Waals surface area contributed by atoms with Crippen molar-refractivity contribution in [3.63, 3.8) is 0 Å². The topological polar surface area (TPSA) is 66.0 Å². The monoisotopic (exact) mass is 329 g/mol. The van der Waals surface area contributed by atoms with Crippen LogP contribution in [0, 0.1) is 0 Å². The third kappa shape index (κ3) is 3.22. The van der Waals surface area contributed by atoms with Crippen molar-refractivity contribution in [2.24, 2.45) is 0 Å². The highest BCUT2D eigenvalue weighted by molar-refractivity contribution is 5.95. The van der Waals surface area contributed by atoms with Gasteiger partial charge in [-0.25, -0.2) is 0 Å². The Morgan fingerprint density at radius 1 is 1.08 bits per heavy atom. The number of benzene rings is 2. The van der Waals surface area contributed by atoms with E-state index in [4.69, 9.17) is 18.9 Å². The maximum Gasteiger partial charge on any atom is 0.251 e. The fourth-order valence-corrected chi connectivity index (χ4v) is 2.53. The van der Waals surface area contributed by atoms with Crippen molar-refractivity contribution in [3.05, 3.63) is 47.5 Å². The molecule has 6 heteroatoms. The molecule has 6 nitrogen and oxygen atoms in total. The molecule has 126 valence electrons. The molecule has 0 unspecified atom stereocenters. The lowest BCUT2D eigenvalue weighted by Gasteiger charge is -2.21. The number of carbonyl (C=O) groups excluding carboxylic acids is 1. The highest BCUT2D eigenvalue weighted by Crippen LogP contribution is 2.40. The van der Waals surface area contributed by atoms with Crippen LogP contribution in [0.4, 0.5) is 0 Å². The predicted octanol–water partition coefficient (Wildman–Crippen LogP) is 2.41. The molecule has 1 amide bonds. The van der Waals surface area contributed by atoms with Crippen LogP contribution < -0.4 is 24.3 Å². The van der Waals surface area contributed by atoms with Crippen LogP contribution in [0.1, 0.15) is 15.9 Å². The Morgan fingerprint density at radius 3 is 2.62 bits per heavy atom. The lowest BCUT2D eigenvalue weighted by atomic mass is 10.1. The van der Waals surface area contributed by atoms with Crippen LogP contribution in [0.15, 0.2) is 36.4 Å². The number of hydrogen-bond acceptors (Lipinski definition) is 5.